The molecule has 0 spiro atoms. The number of benzene rings is 3. The van der Waals surface area contributed by atoms with Gasteiger partial charge in [0.15, 0.2) is 5.78 Å². The smallest absolute Gasteiger partial charge is 0.198 e. The lowest BCUT2D eigenvalue weighted by atomic mass is 10.0. The standard InChI is InChI=1S/C27H25N3O3/c1-30(2,32)15-14-28-27-25-24(20-10-6-7-11-21(20)26(25)31)22-13-12-19(16-23(22)29-27)33-17-18-8-4-3-5-9-18/h3-13,16H,14-15,17H2,1-2H3,(H,28,29). The number of carbonyl (C=O) groups is 1. The summed E-state index contributed by atoms with van der Waals surface area (Å²) in [5.74, 6) is 1.17. The normalized spacial score (nSPS) is 12.5. The first-order valence-corrected chi connectivity index (χ1v) is 11.0. The van der Waals surface area contributed by atoms with Crippen molar-refractivity contribution in [3.63, 3.8) is 0 Å². The number of nitrogens with one attached hydrogen (secondary N) is 1. The second-order valence-corrected chi connectivity index (χ2v) is 8.76. The molecule has 0 radical (unpaired) electrons. The number of ketones is 1. The van der Waals surface area contributed by atoms with Gasteiger partial charge in [-0.15, -0.1) is 0 Å². The van der Waals surface area contributed by atoms with Gasteiger partial charge in [0.1, 0.15) is 18.2 Å². The maximum atomic E-state index is 13.3. The highest BCUT2D eigenvalue weighted by molar-refractivity contribution is 6.28. The molecule has 1 N–H and O–H groups in total. The van der Waals surface area contributed by atoms with Crippen LogP contribution in [0.2, 0.25) is 0 Å². The lowest BCUT2D eigenvalue weighted by Gasteiger charge is -2.33. The van der Waals surface area contributed by atoms with E-state index in [9.17, 15) is 10.0 Å². The van der Waals surface area contributed by atoms with Gasteiger partial charge in [-0.25, -0.2) is 4.98 Å². The van der Waals surface area contributed by atoms with Crippen LogP contribution < -0.4 is 10.1 Å². The summed E-state index contributed by atoms with van der Waals surface area (Å²) < 4.78 is 5.58. The third kappa shape index (κ3) is 4.18. The first-order valence-electron chi connectivity index (χ1n) is 11.0. The number of pyridine rings is 1. The average molecular weight is 440 g/mol. The molecule has 0 bridgehead atoms. The van der Waals surface area contributed by atoms with Crippen LogP contribution >= 0.6 is 0 Å². The summed E-state index contributed by atoms with van der Waals surface area (Å²) in [6.45, 7) is 1.23. The van der Waals surface area contributed by atoms with Crippen LogP contribution in [0.5, 0.6) is 5.75 Å². The lowest BCUT2D eigenvalue weighted by Crippen LogP contribution is -2.37. The van der Waals surface area contributed by atoms with E-state index < -0.39 is 4.65 Å². The van der Waals surface area contributed by atoms with E-state index in [4.69, 9.17) is 9.72 Å². The number of aromatic nitrogens is 1. The SMILES string of the molecule is C[N+](C)([O-])CCNc1nc2cc(OCc3ccccc3)ccc2c2c1C(=O)c1ccccc1-2. The number of hydrogen-bond donors (Lipinski definition) is 1. The number of nitrogens with zero attached hydrogens (tertiary/aromatic N) is 2. The molecular weight excluding hydrogens is 414 g/mol. The van der Waals surface area contributed by atoms with Crippen molar-refractivity contribution in [3.8, 4) is 16.9 Å². The summed E-state index contributed by atoms with van der Waals surface area (Å²) in [5.41, 5.74) is 4.86. The zero-order valence-electron chi connectivity index (χ0n) is 18.7. The molecule has 0 saturated heterocycles. The lowest BCUT2D eigenvalue weighted by molar-refractivity contribution is -0.838. The molecule has 166 valence electrons. The van der Waals surface area contributed by atoms with Crippen LogP contribution in [-0.4, -0.2) is 42.6 Å². The van der Waals surface area contributed by atoms with Crippen molar-refractivity contribution in [2.24, 2.45) is 0 Å². The van der Waals surface area contributed by atoms with Crippen LogP contribution in [0.15, 0.2) is 72.8 Å². The molecule has 1 heterocycles. The molecule has 0 aliphatic heterocycles. The number of hydrogen-bond acceptors (Lipinski definition) is 5. The van der Waals surface area contributed by atoms with E-state index in [0.29, 0.717) is 42.4 Å². The highest BCUT2D eigenvalue weighted by Crippen LogP contribution is 2.44. The van der Waals surface area contributed by atoms with Crippen molar-refractivity contribution in [2.45, 2.75) is 6.61 Å². The molecule has 33 heavy (non-hydrogen) atoms. The van der Waals surface area contributed by atoms with Crippen LogP contribution in [0, 0.1) is 5.21 Å². The Balaban J connectivity index is 1.56. The molecule has 1 aromatic heterocycles. The third-order valence-corrected chi connectivity index (χ3v) is 5.82. The monoisotopic (exact) mass is 439 g/mol. The van der Waals surface area contributed by atoms with Crippen molar-refractivity contribution in [2.75, 3.05) is 32.5 Å². The van der Waals surface area contributed by atoms with Gasteiger partial charge in [-0.3, -0.25) is 4.79 Å². The average Bonchev–Trinajstić information content (AvgIpc) is 3.11. The van der Waals surface area contributed by atoms with Crippen molar-refractivity contribution >= 4 is 22.5 Å². The number of hydroxylamine groups is 3. The number of carbonyl (C=O) groups excluding carboxylic acids is 1. The van der Waals surface area contributed by atoms with Gasteiger partial charge in [0.2, 0.25) is 0 Å². The highest BCUT2D eigenvalue weighted by atomic mass is 16.5. The van der Waals surface area contributed by atoms with Gasteiger partial charge < -0.3 is 19.9 Å². The van der Waals surface area contributed by atoms with Gasteiger partial charge in [0.25, 0.3) is 0 Å². The molecule has 6 nitrogen and oxygen atoms in total. The summed E-state index contributed by atoms with van der Waals surface area (Å²) in [6.07, 6.45) is 0. The summed E-state index contributed by atoms with van der Waals surface area (Å²) in [4.78, 5) is 18.1. The van der Waals surface area contributed by atoms with E-state index in [1.54, 1.807) is 14.1 Å². The summed E-state index contributed by atoms with van der Waals surface area (Å²) >= 11 is 0. The molecule has 0 amide bonds. The van der Waals surface area contributed by atoms with Crippen molar-refractivity contribution in [1.82, 2.24) is 4.98 Å². The van der Waals surface area contributed by atoms with E-state index in [1.165, 1.54) is 0 Å². The van der Waals surface area contributed by atoms with Gasteiger partial charge in [-0.05, 0) is 23.3 Å². The molecule has 6 heteroatoms. The molecule has 4 aromatic rings. The number of fused-ring (bicyclic) bond motifs is 5. The van der Waals surface area contributed by atoms with Crippen LogP contribution in [0.1, 0.15) is 21.5 Å². The van der Waals surface area contributed by atoms with Gasteiger partial charge in [0, 0.05) is 22.6 Å². The Hall–Kier alpha value is -3.74. The maximum absolute atomic E-state index is 13.3. The fraction of sp³-hybridized carbons (Fsp3) is 0.185. The molecular formula is C27H25N3O3. The van der Waals surface area contributed by atoms with Crippen LogP contribution in [0.4, 0.5) is 5.82 Å². The highest BCUT2D eigenvalue weighted by Gasteiger charge is 2.32. The number of rotatable bonds is 7. The Labute approximate surface area is 192 Å². The van der Waals surface area contributed by atoms with Crippen molar-refractivity contribution in [3.05, 3.63) is 94.7 Å². The zero-order valence-corrected chi connectivity index (χ0v) is 18.7. The molecule has 5 rings (SSSR count). The Kier molecular flexibility index (Phi) is 5.32. The van der Waals surface area contributed by atoms with Crippen LogP contribution in [0.25, 0.3) is 22.0 Å². The molecule has 0 saturated carbocycles. The van der Waals surface area contributed by atoms with Crippen LogP contribution in [0.3, 0.4) is 0 Å². The minimum atomic E-state index is -0.422. The Morgan fingerprint density at radius 3 is 2.42 bits per heavy atom. The van der Waals surface area contributed by atoms with E-state index in [1.807, 2.05) is 72.8 Å². The number of quaternary nitrogens is 1. The number of ether oxygens (including phenoxy) is 1. The predicted octanol–water partition coefficient (Wildman–Crippen LogP) is 5.01. The van der Waals surface area contributed by atoms with Crippen LogP contribution in [-0.2, 0) is 6.61 Å². The van der Waals surface area contributed by atoms with Crippen molar-refractivity contribution in [1.29, 1.82) is 0 Å². The zero-order chi connectivity index (χ0) is 23.0. The topological polar surface area (TPSA) is 74.3 Å². The minimum absolute atomic E-state index is 0.0437. The van der Waals surface area contributed by atoms with Gasteiger partial charge >= 0.3 is 0 Å². The largest absolute Gasteiger partial charge is 0.633 e. The molecule has 0 fully saturated rings. The fourth-order valence-corrected chi connectivity index (χ4v) is 4.18. The van der Waals surface area contributed by atoms with E-state index in [-0.39, 0.29) is 5.78 Å². The molecule has 3 aromatic carbocycles. The Morgan fingerprint density at radius 1 is 0.939 bits per heavy atom. The van der Waals surface area contributed by atoms with Gasteiger partial charge in [-0.2, -0.15) is 0 Å². The van der Waals surface area contributed by atoms with Gasteiger partial charge in [0.05, 0.1) is 38.3 Å². The van der Waals surface area contributed by atoms with E-state index in [0.717, 1.165) is 27.6 Å². The minimum Gasteiger partial charge on any atom is -0.633 e. The first kappa shape index (κ1) is 21.1. The first-order chi connectivity index (χ1) is 15.9. The summed E-state index contributed by atoms with van der Waals surface area (Å²) in [7, 11) is 3.19. The molecule has 0 unspecified atom stereocenters. The van der Waals surface area contributed by atoms with E-state index in [2.05, 4.69) is 5.32 Å². The van der Waals surface area contributed by atoms with Gasteiger partial charge in [-0.1, -0.05) is 54.6 Å². The molecule has 1 aliphatic rings. The Morgan fingerprint density at radius 2 is 1.67 bits per heavy atom. The summed E-state index contributed by atoms with van der Waals surface area (Å²) in [6, 6.07) is 23.4. The number of anilines is 1. The predicted molar refractivity (Wildman–Crippen MR) is 130 cm³/mol. The van der Waals surface area contributed by atoms with E-state index >= 15 is 0 Å². The quantitative estimate of drug-likeness (QED) is 0.285. The Bertz CT molecular complexity index is 1340. The van der Waals surface area contributed by atoms with Crippen molar-refractivity contribution < 1.29 is 14.2 Å². The second kappa shape index (κ2) is 8.31. The second-order valence-electron chi connectivity index (χ2n) is 8.76. The molecule has 1 aliphatic carbocycles. The summed E-state index contributed by atoms with van der Waals surface area (Å²) in [5, 5.41) is 16.2. The fourth-order valence-electron chi connectivity index (χ4n) is 4.18. The maximum Gasteiger partial charge on any atom is 0.198 e. The third-order valence-electron chi connectivity index (χ3n) is 5.82. The molecule has 0 atom stereocenters. The number of likely N-dealkylation sites (N-methyl/N-ethyl adjacent to an activating group) is 1.